The molecule has 5 rings (SSSR count). The number of H-pyrrole nitrogens is 1. The molecule has 1 aliphatic heterocycles. The molecule has 0 aliphatic carbocycles. The number of fused-ring (bicyclic) bond motifs is 1. The SMILES string of the molecule is CC1c2cc(-c3cc(-c4ccncc4)c(-c4ccccc4)[nH]3)ccc2S(=O)C1C. The molecule has 3 unspecified atom stereocenters. The standard InChI is InChI=1S/C25H22N2OS/c1-16-17(2)29(28)24-9-8-20(14-21(16)24)23-15-22(18-10-12-26-13-11-18)25(27-23)19-6-4-3-5-7-19/h3-17,27H,1-2H3. The zero-order valence-corrected chi connectivity index (χ0v) is 17.2. The van der Waals surface area contributed by atoms with Crippen molar-refractivity contribution in [2.75, 3.05) is 0 Å². The summed E-state index contributed by atoms with van der Waals surface area (Å²) in [6, 6.07) is 23.0. The average Bonchev–Trinajstić information content (AvgIpc) is 3.31. The van der Waals surface area contributed by atoms with Crippen molar-refractivity contribution in [2.24, 2.45) is 0 Å². The third-order valence-electron chi connectivity index (χ3n) is 5.94. The van der Waals surface area contributed by atoms with Crippen LogP contribution in [0.15, 0.2) is 84.0 Å². The van der Waals surface area contributed by atoms with Crippen LogP contribution in [-0.2, 0) is 10.8 Å². The van der Waals surface area contributed by atoms with Gasteiger partial charge in [-0.3, -0.25) is 9.19 Å². The third kappa shape index (κ3) is 3.04. The topological polar surface area (TPSA) is 45.8 Å². The Morgan fingerprint density at radius 1 is 0.862 bits per heavy atom. The van der Waals surface area contributed by atoms with Gasteiger partial charge in [0.15, 0.2) is 0 Å². The fraction of sp³-hybridized carbons (Fsp3) is 0.160. The second-order valence-corrected chi connectivity index (χ2v) is 9.40. The van der Waals surface area contributed by atoms with E-state index in [1.807, 2.05) is 36.7 Å². The number of hydrogen-bond donors (Lipinski definition) is 1. The van der Waals surface area contributed by atoms with Crippen LogP contribution in [0.3, 0.4) is 0 Å². The van der Waals surface area contributed by atoms with Crippen molar-refractivity contribution in [1.82, 2.24) is 9.97 Å². The number of nitrogens with zero attached hydrogens (tertiary/aromatic N) is 1. The quantitative estimate of drug-likeness (QED) is 0.458. The number of nitrogens with one attached hydrogen (secondary N) is 1. The average molecular weight is 399 g/mol. The first-order valence-electron chi connectivity index (χ1n) is 9.87. The molecular weight excluding hydrogens is 376 g/mol. The highest BCUT2D eigenvalue weighted by atomic mass is 32.2. The number of pyridine rings is 1. The summed E-state index contributed by atoms with van der Waals surface area (Å²) in [4.78, 5) is 8.79. The highest BCUT2D eigenvalue weighted by Gasteiger charge is 2.32. The first-order chi connectivity index (χ1) is 14.1. The molecule has 144 valence electrons. The van der Waals surface area contributed by atoms with Crippen molar-refractivity contribution < 1.29 is 4.21 Å². The molecule has 0 saturated heterocycles. The Morgan fingerprint density at radius 2 is 1.62 bits per heavy atom. The highest BCUT2D eigenvalue weighted by Crippen LogP contribution is 2.41. The lowest BCUT2D eigenvalue weighted by atomic mass is 9.96. The first-order valence-corrected chi connectivity index (χ1v) is 11.1. The lowest BCUT2D eigenvalue weighted by Gasteiger charge is -2.08. The van der Waals surface area contributed by atoms with Gasteiger partial charge in [-0.1, -0.05) is 43.3 Å². The van der Waals surface area contributed by atoms with Crippen molar-refractivity contribution >= 4 is 10.8 Å². The van der Waals surface area contributed by atoms with E-state index in [-0.39, 0.29) is 5.25 Å². The van der Waals surface area contributed by atoms with E-state index in [4.69, 9.17) is 0 Å². The minimum atomic E-state index is -0.913. The van der Waals surface area contributed by atoms with Crippen LogP contribution in [0.4, 0.5) is 0 Å². The maximum Gasteiger partial charge on any atom is 0.0567 e. The molecular formula is C25H22N2OS. The maximum atomic E-state index is 12.6. The van der Waals surface area contributed by atoms with Crippen LogP contribution >= 0.6 is 0 Å². The van der Waals surface area contributed by atoms with E-state index in [9.17, 15) is 4.21 Å². The number of hydrogen-bond acceptors (Lipinski definition) is 2. The Hall–Kier alpha value is -2.98. The van der Waals surface area contributed by atoms with Gasteiger partial charge in [0.2, 0.25) is 0 Å². The van der Waals surface area contributed by atoms with Crippen LogP contribution in [0, 0.1) is 0 Å². The maximum absolute atomic E-state index is 12.6. The molecule has 0 radical (unpaired) electrons. The molecule has 1 aliphatic rings. The van der Waals surface area contributed by atoms with Crippen LogP contribution in [0.25, 0.3) is 33.6 Å². The predicted octanol–water partition coefficient (Wildman–Crippen LogP) is 6.02. The second kappa shape index (κ2) is 7.12. The molecule has 4 aromatic rings. The Bertz CT molecular complexity index is 1140. The lowest BCUT2D eigenvalue weighted by molar-refractivity contribution is 0.669. The van der Waals surface area contributed by atoms with E-state index in [2.05, 4.69) is 66.3 Å². The minimum absolute atomic E-state index is 0.163. The van der Waals surface area contributed by atoms with E-state index in [1.165, 1.54) is 5.56 Å². The Labute approximate surface area is 173 Å². The minimum Gasteiger partial charge on any atom is -0.354 e. The van der Waals surface area contributed by atoms with Crippen LogP contribution in [0.2, 0.25) is 0 Å². The molecule has 3 nitrogen and oxygen atoms in total. The fourth-order valence-electron chi connectivity index (χ4n) is 4.10. The third-order valence-corrected chi connectivity index (χ3v) is 7.83. The molecule has 0 spiro atoms. The van der Waals surface area contributed by atoms with Gasteiger partial charge in [-0.05, 0) is 65.4 Å². The summed E-state index contributed by atoms with van der Waals surface area (Å²) in [6.07, 6.45) is 3.65. The fourth-order valence-corrected chi connectivity index (χ4v) is 5.69. The Morgan fingerprint density at radius 3 is 2.38 bits per heavy atom. The monoisotopic (exact) mass is 398 g/mol. The predicted molar refractivity (Wildman–Crippen MR) is 119 cm³/mol. The van der Waals surface area contributed by atoms with Gasteiger partial charge < -0.3 is 4.98 Å². The van der Waals surface area contributed by atoms with Gasteiger partial charge in [0, 0.05) is 33.8 Å². The molecule has 0 fully saturated rings. The van der Waals surface area contributed by atoms with Gasteiger partial charge in [-0.15, -0.1) is 0 Å². The van der Waals surface area contributed by atoms with E-state index < -0.39 is 10.8 Å². The van der Waals surface area contributed by atoms with Crippen LogP contribution < -0.4 is 0 Å². The van der Waals surface area contributed by atoms with Gasteiger partial charge >= 0.3 is 0 Å². The van der Waals surface area contributed by atoms with E-state index in [0.717, 1.165) is 38.5 Å². The molecule has 0 amide bonds. The normalized spacial score (nSPS) is 20.6. The second-order valence-electron chi connectivity index (χ2n) is 7.62. The Kier molecular flexibility index (Phi) is 4.44. The van der Waals surface area contributed by atoms with Crippen molar-refractivity contribution in [1.29, 1.82) is 0 Å². The molecule has 4 heteroatoms. The summed E-state index contributed by atoms with van der Waals surface area (Å²) in [6.45, 7) is 4.24. The largest absolute Gasteiger partial charge is 0.354 e. The van der Waals surface area contributed by atoms with Crippen LogP contribution in [-0.4, -0.2) is 19.4 Å². The summed E-state index contributed by atoms with van der Waals surface area (Å²) in [5.74, 6) is 0.300. The Balaban J connectivity index is 1.66. The molecule has 0 bridgehead atoms. The number of aromatic amines is 1. The van der Waals surface area contributed by atoms with Gasteiger partial charge in [0.05, 0.1) is 16.5 Å². The number of aromatic nitrogens is 2. The molecule has 1 N–H and O–H groups in total. The molecule has 29 heavy (non-hydrogen) atoms. The van der Waals surface area contributed by atoms with Crippen LogP contribution in [0.5, 0.6) is 0 Å². The van der Waals surface area contributed by atoms with Crippen molar-refractivity contribution in [3.8, 4) is 33.6 Å². The van der Waals surface area contributed by atoms with Crippen molar-refractivity contribution in [3.63, 3.8) is 0 Å². The van der Waals surface area contributed by atoms with Gasteiger partial charge in [-0.25, -0.2) is 0 Å². The van der Waals surface area contributed by atoms with Gasteiger partial charge in [0.1, 0.15) is 0 Å². The van der Waals surface area contributed by atoms with E-state index >= 15 is 0 Å². The lowest BCUT2D eigenvalue weighted by Crippen LogP contribution is -2.08. The molecule has 2 aromatic carbocycles. The van der Waals surface area contributed by atoms with E-state index in [0.29, 0.717) is 5.92 Å². The summed E-state index contributed by atoms with van der Waals surface area (Å²) in [7, 11) is -0.913. The van der Waals surface area contributed by atoms with E-state index in [1.54, 1.807) is 0 Å². The van der Waals surface area contributed by atoms with Gasteiger partial charge in [0.25, 0.3) is 0 Å². The number of benzene rings is 2. The first kappa shape index (κ1) is 18.1. The smallest absolute Gasteiger partial charge is 0.0567 e. The number of rotatable bonds is 3. The summed E-state index contributed by atoms with van der Waals surface area (Å²) in [5, 5.41) is 0.163. The van der Waals surface area contributed by atoms with Crippen molar-refractivity contribution in [2.45, 2.75) is 29.9 Å². The summed E-state index contributed by atoms with van der Waals surface area (Å²) < 4.78 is 12.6. The highest BCUT2D eigenvalue weighted by molar-refractivity contribution is 7.86. The van der Waals surface area contributed by atoms with Crippen molar-refractivity contribution in [3.05, 3.63) is 84.7 Å². The zero-order chi connectivity index (χ0) is 20.0. The molecule has 3 heterocycles. The molecule has 3 atom stereocenters. The van der Waals surface area contributed by atoms with Crippen LogP contribution in [0.1, 0.15) is 25.3 Å². The molecule has 0 saturated carbocycles. The molecule has 2 aromatic heterocycles. The summed E-state index contributed by atoms with van der Waals surface area (Å²) in [5.41, 5.74) is 7.92. The zero-order valence-electron chi connectivity index (χ0n) is 16.4. The summed E-state index contributed by atoms with van der Waals surface area (Å²) >= 11 is 0. The van der Waals surface area contributed by atoms with Gasteiger partial charge in [-0.2, -0.15) is 0 Å².